The van der Waals surface area contributed by atoms with E-state index in [1.54, 1.807) is 20.4 Å². The molecule has 0 fully saturated rings. The van der Waals surface area contributed by atoms with Gasteiger partial charge in [-0.15, -0.1) is 0 Å². The second-order valence-corrected chi connectivity index (χ2v) is 6.01. The van der Waals surface area contributed by atoms with Gasteiger partial charge in [-0.25, -0.2) is 4.98 Å². The van der Waals surface area contributed by atoms with E-state index in [0.717, 1.165) is 29.5 Å². The maximum atomic E-state index is 6.00. The number of hydrogen-bond donors (Lipinski definition) is 2. The number of hydrogen-bond acceptors (Lipinski definition) is 4. The Morgan fingerprint density at radius 2 is 2.04 bits per heavy atom. The molecular formula is C19H25ClN4O2. The van der Waals surface area contributed by atoms with Crippen molar-refractivity contribution in [2.45, 2.75) is 13.0 Å². The quantitative estimate of drug-likeness (QED) is 0.400. The number of benzene rings is 1. The normalized spacial score (nSPS) is 11.3. The van der Waals surface area contributed by atoms with Gasteiger partial charge in [0.15, 0.2) is 5.96 Å². The van der Waals surface area contributed by atoms with Crippen molar-refractivity contribution in [2.24, 2.45) is 4.99 Å². The molecule has 1 aromatic carbocycles. The second kappa shape index (κ2) is 11.3. The number of nitrogens with zero attached hydrogens (tertiary/aromatic N) is 2. The lowest BCUT2D eigenvalue weighted by Gasteiger charge is -2.12. The zero-order valence-electron chi connectivity index (χ0n) is 15.2. The van der Waals surface area contributed by atoms with Crippen LogP contribution in [0.25, 0.3) is 0 Å². The van der Waals surface area contributed by atoms with Crippen LogP contribution in [-0.4, -0.2) is 44.9 Å². The summed E-state index contributed by atoms with van der Waals surface area (Å²) in [5, 5.41) is 7.31. The van der Waals surface area contributed by atoms with Crippen LogP contribution in [0.5, 0.6) is 5.88 Å². The van der Waals surface area contributed by atoms with E-state index in [4.69, 9.17) is 21.1 Å². The third kappa shape index (κ3) is 7.29. The predicted octanol–water partition coefficient (Wildman–Crippen LogP) is 2.67. The fourth-order valence-electron chi connectivity index (χ4n) is 2.25. The third-order valence-electron chi connectivity index (χ3n) is 3.61. The molecule has 6 nitrogen and oxygen atoms in total. The number of guanidine groups is 1. The highest BCUT2D eigenvalue weighted by Crippen LogP contribution is 2.10. The van der Waals surface area contributed by atoms with Crippen LogP contribution in [0.4, 0.5) is 0 Å². The van der Waals surface area contributed by atoms with Gasteiger partial charge >= 0.3 is 0 Å². The molecule has 0 amide bonds. The van der Waals surface area contributed by atoms with Crippen molar-refractivity contribution in [3.8, 4) is 5.88 Å². The number of methoxy groups -OCH3 is 1. The van der Waals surface area contributed by atoms with Crippen molar-refractivity contribution in [3.05, 3.63) is 58.7 Å². The zero-order chi connectivity index (χ0) is 18.6. The maximum Gasteiger partial charge on any atom is 0.213 e. The molecule has 0 aliphatic carbocycles. The van der Waals surface area contributed by atoms with Crippen molar-refractivity contribution in [1.82, 2.24) is 15.6 Å². The average Bonchev–Trinajstić information content (AvgIpc) is 2.66. The molecule has 1 aromatic heterocycles. The van der Waals surface area contributed by atoms with Crippen molar-refractivity contribution in [2.75, 3.05) is 33.9 Å². The molecule has 0 spiro atoms. The highest BCUT2D eigenvalue weighted by Gasteiger charge is 2.01. The van der Waals surface area contributed by atoms with E-state index in [9.17, 15) is 0 Å². The number of aromatic nitrogens is 1. The molecule has 26 heavy (non-hydrogen) atoms. The summed E-state index contributed by atoms with van der Waals surface area (Å²) in [6.45, 7) is 2.43. The summed E-state index contributed by atoms with van der Waals surface area (Å²) in [7, 11) is 3.39. The molecule has 0 bridgehead atoms. The number of pyridine rings is 1. The number of rotatable bonds is 9. The minimum Gasteiger partial charge on any atom is -0.475 e. The number of halogens is 1. The van der Waals surface area contributed by atoms with E-state index in [0.29, 0.717) is 25.6 Å². The predicted molar refractivity (Wildman–Crippen MR) is 105 cm³/mol. The van der Waals surface area contributed by atoms with Gasteiger partial charge in [-0.05, 0) is 29.7 Å². The maximum absolute atomic E-state index is 6.00. The Morgan fingerprint density at radius 1 is 1.15 bits per heavy atom. The Balaban J connectivity index is 1.72. The molecule has 2 aromatic rings. The number of aliphatic imine (C=N–C) groups is 1. The first-order chi connectivity index (χ1) is 12.7. The summed E-state index contributed by atoms with van der Waals surface area (Å²) in [6, 6.07) is 11.7. The molecule has 0 aliphatic heterocycles. The summed E-state index contributed by atoms with van der Waals surface area (Å²) in [5.41, 5.74) is 2.23. The Hall–Kier alpha value is -2.31. The SMILES string of the molecule is CN=C(NCCc1cccc(Cl)c1)NCc1ccc(OCCOC)nc1. The van der Waals surface area contributed by atoms with E-state index in [1.165, 1.54) is 5.56 Å². The van der Waals surface area contributed by atoms with Gasteiger partial charge in [0, 0.05) is 44.5 Å². The van der Waals surface area contributed by atoms with Gasteiger partial charge in [0.1, 0.15) is 6.61 Å². The van der Waals surface area contributed by atoms with E-state index in [-0.39, 0.29) is 0 Å². The number of nitrogens with one attached hydrogen (secondary N) is 2. The molecule has 0 aliphatic rings. The minimum absolute atomic E-state index is 0.490. The minimum atomic E-state index is 0.490. The smallest absolute Gasteiger partial charge is 0.213 e. The van der Waals surface area contributed by atoms with E-state index in [2.05, 4.69) is 26.7 Å². The molecule has 1 heterocycles. The van der Waals surface area contributed by atoms with E-state index < -0.39 is 0 Å². The van der Waals surface area contributed by atoms with Crippen molar-refractivity contribution in [1.29, 1.82) is 0 Å². The van der Waals surface area contributed by atoms with Crippen molar-refractivity contribution in [3.63, 3.8) is 0 Å². The topological polar surface area (TPSA) is 67.8 Å². The highest BCUT2D eigenvalue weighted by atomic mass is 35.5. The Labute approximate surface area is 159 Å². The summed E-state index contributed by atoms with van der Waals surface area (Å²) in [6.07, 6.45) is 2.66. The lowest BCUT2D eigenvalue weighted by atomic mass is 10.1. The summed E-state index contributed by atoms with van der Waals surface area (Å²) < 4.78 is 10.4. The van der Waals surface area contributed by atoms with Crippen LogP contribution in [0.2, 0.25) is 5.02 Å². The van der Waals surface area contributed by atoms with Crippen LogP contribution in [0.15, 0.2) is 47.6 Å². The summed E-state index contributed by atoms with van der Waals surface area (Å²) >= 11 is 6.00. The molecular weight excluding hydrogens is 352 g/mol. The van der Waals surface area contributed by atoms with Gasteiger partial charge in [0.2, 0.25) is 5.88 Å². The van der Waals surface area contributed by atoms with E-state index in [1.807, 2.05) is 30.3 Å². The summed E-state index contributed by atoms with van der Waals surface area (Å²) in [5.74, 6) is 1.34. The third-order valence-corrected chi connectivity index (χ3v) is 3.85. The van der Waals surface area contributed by atoms with Crippen molar-refractivity contribution >= 4 is 17.6 Å². The standard InChI is InChI=1S/C19H25ClN4O2/c1-21-19(22-9-8-15-4-3-5-17(20)12-15)24-14-16-6-7-18(23-13-16)26-11-10-25-2/h3-7,12-13H,8-11,14H2,1-2H3,(H2,21,22,24). The fraction of sp³-hybridized carbons (Fsp3) is 0.368. The van der Waals surface area contributed by atoms with Gasteiger partial charge in [-0.3, -0.25) is 4.99 Å². The van der Waals surface area contributed by atoms with Gasteiger partial charge in [-0.1, -0.05) is 29.8 Å². The monoisotopic (exact) mass is 376 g/mol. The first kappa shape index (κ1) is 20.0. The lowest BCUT2D eigenvalue weighted by Crippen LogP contribution is -2.37. The molecule has 0 saturated heterocycles. The van der Waals surface area contributed by atoms with E-state index >= 15 is 0 Å². The molecule has 0 radical (unpaired) electrons. The molecule has 0 unspecified atom stereocenters. The molecule has 2 N–H and O–H groups in total. The Bertz CT molecular complexity index is 692. The van der Waals surface area contributed by atoms with Crippen LogP contribution in [0, 0.1) is 0 Å². The Kier molecular flexibility index (Phi) is 8.72. The van der Waals surface area contributed by atoms with Gasteiger partial charge in [0.05, 0.1) is 6.61 Å². The number of ether oxygens (including phenoxy) is 2. The van der Waals surface area contributed by atoms with Crippen LogP contribution in [0.3, 0.4) is 0 Å². The first-order valence-corrected chi connectivity index (χ1v) is 8.84. The highest BCUT2D eigenvalue weighted by molar-refractivity contribution is 6.30. The molecule has 7 heteroatoms. The van der Waals surface area contributed by atoms with Crippen LogP contribution < -0.4 is 15.4 Å². The summed E-state index contributed by atoms with van der Waals surface area (Å²) in [4.78, 5) is 8.50. The average molecular weight is 377 g/mol. The van der Waals surface area contributed by atoms with Crippen LogP contribution in [-0.2, 0) is 17.7 Å². The fourth-order valence-corrected chi connectivity index (χ4v) is 2.47. The molecule has 0 atom stereocenters. The molecule has 0 saturated carbocycles. The first-order valence-electron chi connectivity index (χ1n) is 8.47. The zero-order valence-corrected chi connectivity index (χ0v) is 15.9. The molecule has 2 rings (SSSR count). The Morgan fingerprint density at radius 3 is 2.73 bits per heavy atom. The van der Waals surface area contributed by atoms with Gasteiger partial charge in [-0.2, -0.15) is 0 Å². The second-order valence-electron chi connectivity index (χ2n) is 5.58. The van der Waals surface area contributed by atoms with Gasteiger partial charge < -0.3 is 20.1 Å². The largest absolute Gasteiger partial charge is 0.475 e. The van der Waals surface area contributed by atoms with Gasteiger partial charge in [0.25, 0.3) is 0 Å². The molecule has 140 valence electrons. The van der Waals surface area contributed by atoms with Crippen molar-refractivity contribution < 1.29 is 9.47 Å². The van der Waals surface area contributed by atoms with Crippen LogP contribution >= 0.6 is 11.6 Å². The van der Waals surface area contributed by atoms with Crippen LogP contribution in [0.1, 0.15) is 11.1 Å². The lowest BCUT2D eigenvalue weighted by molar-refractivity contribution is 0.143.